The maximum Gasteiger partial charge on any atom is 0.202 e. The summed E-state index contributed by atoms with van der Waals surface area (Å²) in [5.41, 5.74) is 2.81. The molecular weight excluding hydrogens is 316 g/mol. The molecule has 2 aromatic rings. The van der Waals surface area contributed by atoms with Gasteiger partial charge in [0.25, 0.3) is 0 Å². The third-order valence-electron chi connectivity index (χ3n) is 3.92. The van der Waals surface area contributed by atoms with Crippen LogP contribution in [0.25, 0.3) is 5.70 Å². The molecule has 0 saturated heterocycles. The first kappa shape index (κ1) is 16.8. The largest absolute Gasteiger partial charge is 0.383 e. The van der Waals surface area contributed by atoms with E-state index in [1.165, 1.54) is 0 Å². The fourth-order valence-corrected chi connectivity index (χ4v) is 3.85. The molecule has 3 nitrogen and oxygen atoms in total. The predicted octanol–water partition coefficient (Wildman–Crippen LogP) is 3.89. The van der Waals surface area contributed by atoms with Gasteiger partial charge in [0.15, 0.2) is 0 Å². The molecule has 0 amide bonds. The summed E-state index contributed by atoms with van der Waals surface area (Å²) in [5.74, 6) is 0.120. The van der Waals surface area contributed by atoms with E-state index >= 15 is 0 Å². The van der Waals surface area contributed by atoms with Gasteiger partial charge in [0.05, 0.1) is 10.6 Å². The topological polar surface area (TPSA) is 32.3 Å². The van der Waals surface area contributed by atoms with Gasteiger partial charge in [0.2, 0.25) is 5.78 Å². The molecule has 124 valence electrons. The lowest BCUT2D eigenvalue weighted by Crippen LogP contribution is -2.21. The van der Waals surface area contributed by atoms with Crippen molar-refractivity contribution in [3.8, 4) is 0 Å². The van der Waals surface area contributed by atoms with Crippen LogP contribution in [-0.4, -0.2) is 37.9 Å². The average molecular weight is 338 g/mol. The van der Waals surface area contributed by atoms with Crippen molar-refractivity contribution in [1.29, 1.82) is 0 Å². The standard InChI is InChI=1S/C20H22N2OS/c1-22(2)14-8-13-21-18(15-9-4-3-5-10-15)20-19(23)16-11-6-7-12-17(16)24-20/h3-7,9-12,21H,8,13-14H2,1-2H3. The molecule has 0 saturated carbocycles. The number of Topliss-reactive ketones (excluding diaryl/α,β-unsaturated/α-hetero) is 1. The van der Waals surface area contributed by atoms with Gasteiger partial charge in [-0.05, 0) is 44.8 Å². The molecule has 24 heavy (non-hydrogen) atoms. The SMILES string of the molecule is CN(C)CCCNC(=C1Sc2ccccc2C1=O)c1ccccc1. The maximum absolute atomic E-state index is 12.8. The first-order valence-electron chi connectivity index (χ1n) is 8.16. The summed E-state index contributed by atoms with van der Waals surface area (Å²) >= 11 is 1.57. The fourth-order valence-electron chi connectivity index (χ4n) is 2.71. The molecule has 1 aliphatic heterocycles. The molecule has 0 aliphatic carbocycles. The fraction of sp³-hybridized carbons (Fsp3) is 0.250. The van der Waals surface area contributed by atoms with Gasteiger partial charge in [-0.1, -0.05) is 54.2 Å². The molecule has 0 spiro atoms. The van der Waals surface area contributed by atoms with Crippen molar-refractivity contribution in [3.05, 3.63) is 70.6 Å². The van der Waals surface area contributed by atoms with Gasteiger partial charge in [-0.2, -0.15) is 0 Å². The number of carbonyl (C=O) groups excluding carboxylic acids is 1. The number of carbonyl (C=O) groups is 1. The van der Waals surface area contributed by atoms with Crippen LogP contribution in [-0.2, 0) is 0 Å². The summed E-state index contributed by atoms with van der Waals surface area (Å²) in [6.07, 6.45) is 1.03. The highest BCUT2D eigenvalue weighted by Gasteiger charge is 2.28. The highest BCUT2D eigenvalue weighted by atomic mass is 32.2. The van der Waals surface area contributed by atoms with E-state index < -0.39 is 0 Å². The first-order valence-corrected chi connectivity index (χ1v) is 8.98. The van der Waals surface area contributed by atoms with Gasteiger partial charge in [0.1, 0.15) is 0 Å². The summed E-state index contributed by atoms with van der Waals surface area (Å²) in [6.45, 7) is 1.86. The lowest BCUT2D eigenvalue weighted by molar-refractivity contribution is 0.104. The molecule has 1 heterocycles. The quantitative estimate of drug-likeness (QED) is 0.640. The number of hydrogen-bond donors (Lipinski definition) is 1. The van der Waals surface area contributed by atoms with Crippen LogP contribution >= 0.6 is 11.8 Å². The number of fused-ring (bicyclic) bond motifs is 1. The molecule has 1 aliphatic rings. The van der Waals surface area contributed by atoms with Crippen molar-refractivity contribution in [2.24, 2.45) is 0 Å². The lowest BCUT2D eigenvalue weighted by atomic mass is 10.1. The van der Waals surface area contributed by atoms with Crippen LogP contribution in [0.2, 0.25) is 0 Å². The number of allylic oxidation sites excluding steroid dienone is 1. The van der Waals surface area contributed by atoms with Gasteiger partial charge in [-0.15, -0.1) is 0 Å². The van der Waals surface area contributed by atoms with E-state index in [4.69, 9.17) is 0 Å². The zero-order chi connectivity index (χ0) is 16.9. The Labute approximate surface area is 147 Å². The smallest absolute Gasteiger partial charge is 0.202 e. The van der Waals surface area contributed by atoms with Gasteiger partial charge in [0, 0.05) is 17.0 Å². The van der Waals surface area contributed by atoms with E-state index in [-0.39, 0.29) is 5.78 Å². The Bertz CT molecular complexity index is 753. The van der Waals surface area contributed by atoms with Gasteiger partial charge >= 0.3 is 0 Å². The molecule has 0 atom stereocenters. The van der Waals surface area contributed by atoms with Crippen LogP contribution in [0.5, 0.6) is 0 Å². The number of hydrogen-bond acceptors (Lipinski definition) is 4. The second-order valence-electron chi connectivity index (χ2n) is 6.08. The Kier molecular flexibility index (Phi) is 5.38. The number of ketones is 1. The zero-order valence-electron chi connectivity index (χ0n) is 14.1. The van der Waals surface area contributed by atoms with E-state index in [9.17, 15) is 4.79 Å². The van der Waals surface area contributed by atoms with Crippen molar-refractivity contribution in [2.75, 3.05) is 27.2 Å². The van der Waals surface area contributed by atoms with Crippen LogP contribution in [0.3, 0.4) is 0 Å². The monoisotopic (exact) mass is 338 g/mol. The molecule has 0 radical (unpaired) electrons. The number of benzene rings is 2. The molecule has 4 heteroatoms. The summed E-state index contributed by atoms with van der Waals surface area (Å²) < 4.78 is 0. The van der Waals surface area contributed by atoms with Crippen molar-refractivity contribution >= 4 is 23.2 Å². The van der Waals surface area contributed by atoms with Crippen molar-refractivity contribution in [1.82, 2.24) is 10.2 Å². The number of nitrogens with zero attached hydrogens (tertiary/aromatic N) is 1. The Hall–Kier alpha value is -2.04. The minimum atomic E-state index is 0.120. The second-order valence-corrected chi connectivity index (χ2v) is 7.13. The van der Waals surface area contributed by atoms with Crippen molar-refractivity contribution in [3.63, 3.8) is 0 Å². The molecular formula is C20H22N2OS. The Morgan fingerprint density at radius 2 is 1.75 bits per heavy atom. The zero-order valence-corrected chi connectivity index (χ0v) is 14.9. The second kappa shape index (κ2) is 7.69. The highest BCUT2D eigenvalue weighted by Crippen LogP contribution is 2.42. The predicted molar refractivity (Wildman–Crippen MR) is 101 cm³/mol. The average Bonchev–Trinajstić information content (AvgIpc) is 2.92. The van der Waals surface area contributed by atoms with Crippen molar-refractivity contribution in [2.45, 2.75) is 11.3 Å². The Balaban J connectivity index is 1.89. The van der Waals surface area contributed by atoms with Gasteiger partial charge in [-0.3, -0.25) is 4.79 Å². The van der Waals surface area contributed by atoms with Crippen LogP contribution in [0.1, 0.15) is 22.3 Å². The van der Waals surface area contributed by atoms with Crippen LogP contribution in [0, 0.1) is 0 Å². The molecule has 3 rings (SSSR count). The third-order valence-corrected chi connectivity index (χ3v) is 5.09. The van der Waals surface area contributed by atoms with E-state index in [0.717, 1.165) is 46.1 Å². The normalized spacial score (nSPS) is 15.5. The van der Waals surface area contributed by atoms with Gasteiger partial charge in [-0.25, -0.2) is 0 Å². The molecule has 1 N–H and O–H groups in total. The summed E-state index contributed by atoms with van der Waals surface area (Å²) in [4.78, 5) is 16.8. The maximum atomic E-state index is 12.8. The molecule has 0 fully saturated rings. The summed E-state index contributed by atoms with van der Waals surface area (Å²) in [5, 5.41) is 3.51. The summed E-state index contributed by atoms with van der Waals surface area (Å²) in [7, 11) is 4.15. The number of thioether (sulfide) groups is 1. The van der Waals surface area contributed by atoms with E-state index in [2.05, 4.69) is 36.4 Å². The van der Waals surface area contributed by atoms with E-state index in [1.54, 1.807) is 11.8 Å². The third kappa shape index (κ3) is 3.71. The van der Waals surface area contributed by atoms with Crippen LogP contribution in [0.15, 0.2) is 64.4 Å². The molecule has 0 aromatic heterocycles. The Morgan fingerprint density at radius 3 is 2.46 bits per heavy atom. The van der Waals surface area contributed by atoms with Crippen LogP contribution < -0.4 is 5.32 Å². The minimum absolute atomic E-state index is 0.120. The highest BCUT2D eigenvalue weighted by molar-refractivity contribution is 8.05. The number of rotatable bonds is 6. The molecule has 2 aromatic carbocycles. The van der Waals surface area contributed by atoms with Crippen molar-refractivity contribution < 1.29 is 4.79 Å². The number of nitrogens with one attached hydrogen (secondary N) is 1. The Morgan fingerprint density at radius 1 is 1.04 bits per heavy atom. The lowest BCUT2D eigenvalue weighted by Gasteiger charge is -2.15. The van der Waals surface area contributed by atoms with E-state index in [1.807, 2.05) is 42.5 Å². The summed E-state index contributed by atoms with van der Waals surface area (Å²) in [6, 6.07) is 17.9. The molecule has 0 bridgehead atoms. The van der Waals surface area contributed by atoms with E-state index in [0.29, 0.717) is 0 Å². The van der Waals surface area contributed by atoms with Crippen LogP contribution in [0.4, 0.5) is 0 Å². The van der Waals surface area contributed by atoms with Gasteiger partial charge < -0.3 is 10.2 Å². The first-order chi connectivity index (χ1) is 11.7. The minimum Gasteiger partial charge on any atom is -0.383 e. The molecule has 0 unspecified atom stereocenters.